The number of likely N-dealkylation sites (N-methyl/N-ethyl adjacent to an activating group) is 1. The second-order valence-electron chi connectivity index (χ2n) is 6.06. The van der Waals surface area contributed by atoms with E-state index < -0.39 is 0 Å². The normalized spacial score (nSPS) is 20.7. The van der Waals surface area contributed by atoms with E-state index in [4.69, 9.17) is 4.98 Å². The predicted molar refractivity (Wildman–Crippen MR) is 83.2 cm³/mol. The van der Waals surface area contributed by atoms with E-state index in [9.17, 15) is 5.11 Å². The Balaban J connectivity index is 2.25. The molecule has 4 heteroatoms. The van der Waals surface area contributed by atoms with Crippen LogP contribution in [0.5, 0.6) is 0 Å². The summed E-state index contributed by atoms with van der Waals surface area (Å²) in [5.41, 5.74) is 2.03. The van der Waals surface area contributed by atoms with Gasteiger partial charge in [-0.1, -0.05) is 20.8 Å². The Morgan fingerprint density at radius 3 is 2.70 bits per heavy atom. The van der Waals surface area contributed by atoms with E-state index >= 15 is 0 Å². The fourth-order valence-electron chi connectivity index (χ4n) is 2.74. The number of aromatic nitrogens is 1. The third-order valence-corrected chi connectivity index (χ3v) is 4.24. The molecule has 0 aromatic carbocycles. The quantitative estimate of drug-likeness (QED) is 0.916. The summed E-state index contributed by atoms with van der Waals surface area (Å²) in [5, 5.41) is 9.45. The van der Waals surface area contributed by atoms with Crippen molar-refractivity contribution in [3.8, 4) is 0 Å². The summed E-state index contributed by atoms with van der Waals surface area (Å²) in [6, 6.07) is 4.64. The fourth-order valence-corrected chi connectivity index (χ4v) is 2.74. The highest BCUT2D eigenvalue weighted by Crippen LogP contribution is 2.23. The van der Waals surface area contributed by atoms with Gasteiger partial charge < -0.3 is 10.0 Å². The van der Waals surface area contributed by atoms with Crippen LogP contribution in [-0.2, 0) is 6.61 Å². The van der Waals surface area contributed by atoms with Crippen molar-refractivity contribution < 1.29 is 5.11 Å². The van der Waals surface area contributed by atoms with Crippen LogP contribution in [0.25, 0.3) is 0 Å². The molecule has 112 valence electrons. The highest BCUT2D eigenvalue weighted by molar-refractivity contribution is 5.44. The molecule has 1 N–H and O–H groups in total. The lowest BCUT2D eigenvalue weighted by atomic mass is 10.1. The molecule has 0 spiro atoms. The molecule has 1 aliphatic rings. The first-order valence-corrected chi connectivity index (χ1v) is 7.62. The number of aliphatic hydroxyl groups is 1. The van der Waals surface area contributed by atoms with Gasteiger partial charge in [-0.15, -0.1) is 0 Å². The SMILES string of the molecule is CCC1CN(c2cc(CO)cc(C(C)C)n2)CCN1C. The second kappa shape index (κ2) is 6.55. The van der Waals surface area contributed by atoms with Gasteiger partial charge in [0.15, 0.2) is 0 Å². The second-order valence-corrected chi connectivity index (χ2v) is 6.06. The highest BCUT2D eigenvalue weighted by atomic mass is 16.3. The van der Waals surface area contributed by atoms with E-state index in [2.05, 4.69) is 37.6 Å². The summed E-state index contributed by atoms with van der Waals surface area (Å²) in [4.78, 5) is 9.58. The Morgan fingerprint density at radius 1 is 1.35 bits per heavy atom. The molecule has 0 saturated carbocycles. The number of rotatable bonds is 4. The van der Waals surface area contributed by atoms with E-state index in [-0.39, 0.29) is 6.61 Å². The molecular weight excluding hydrogens is 250 g/mol. The van der Waals surface area contributed by atoms with Crippen molar-refractivity contribution in [3.63, 3.8) is 0 Å². The summed E-state index contributed by atoms with van der Waals surface area (Å²) < 4.78 is 0. The van der Waals surface area contributed by atoms with Gasteiger partial charge >= 0.3 is 0 Å². The third kappa shape index (κ3) is 3.30. The lowest BCUT2D eigenvalue weighted by Gasteiger charge is -2.40. The first kappa shape index (κ1) is 15.3. The maximum atomic E-state index is 9.45. The van der Waals surface area contributed by atoms with Crippen molar-refractivity contribution in [1.29, 1.82) is 0 Å². The van der Waals surface area contributed by atoms with Gasteiger partial charge in [-0.05, 0) is 37.1 Å². The molecule has 1 aromatic heterocycles. The molecule has 1 fully saturated rings. The first-order chi connectivity index (χ1) is 9.55. The Kier molecular flexibility index (Phi) is 5.00. The van der Waals surface area contributed by atoms with Gasteiger partial charge in [0.25, 0.3) is 0 Å². The zero-order chi connectivity index (χ0) is 14.7. The molecule has 1 unspecified atom stereocenters. The molecule has 2 rings (SSSR count). The summed E-state index contributed by atoms with van der Waals surface area (Å²) in [6.07, 6.45) is 1.16. The summed E-state index contributed by atoms with van der Waals surface area (Å²) in [7, 11) is 2.20. The zero-order valence-corrected chi connectivity index (χ0v) is 13.1. The van der Waals surface area contributed by atoms with Crippen molar-refractivity contribution in [1.82, 2.24) is 9.88 Å². The van der Waals surface area contributed by atoms with Crippen LogP contribution in [0.1, 0.15) is 44.4 Å². The molecular formula is C16H27N3O. The maximum Gasteiger partial charge on any atom is 0.129 e. The molecule has 20 heavy (non-hydrogen) atoms. The first-order valence-electron chi connectivity index (χ1n) is 7.62. The van der Waals surface area contributed by atoms with Gasteiger partial charge in [0.1, 0.15) is 5.82 Å². The van der Waals surface area contributed by atoms with Crippen LogP contribution in [0, 0.1) is 0 Å². The number of anilines is 1. The van der Waals surface area contributed by atoms with Crippen LogP contribution in [-0.4, -0.2) is 47.7 Å². The number of hydrogen-bond donors (Lipinski definition) is 1. The van der Waals surface area contributed by atoms with Crippen LogP contribution >= 0.6 is 0 Å². The topological polar surface area (TPSA) is 39.6 Å². The van der Waals surface area contributed by atoms with Crippen LogP contribution in [0.4, 0.5) is 5.82 Å². The average molecular weight is 277 g/mol. The molecule has 4 nitrogen and oxygen atoms in total. The highest BCUT2D eigenvalue weighted by Gasteiger charge is 2.24. The van der Waals surface area contributed by atoms with E-state index in [0.717, 1.165) is 43.1 Å². The summed E-state index contributed by atoms with van der Waals surface area (Å²) in [6.45, 7) is 9.71. The minimum Gasteiger partial charge on any atom is -0.392 e. The molecule has 0 amide bonds. The van der Waals surface area contributed by atoms with Gasteiger partial charge in [0.05, 0.1) is 6.61 Å². The van der Waals surface area contributed by atoms with Crippen molar-refractivity contribution in [2.24, 2.45) is 0 Å². The van der Waals surface area contributed by atoms with Crippen molar-refractivity contribution in [3.05, 3.63) is 23.4 Å². The number of hydrogen-bond acceptors (Lipinski definition) is 4. The largest absolute Gasteiger partial charge is 0.392 e. The van der Waals surface area contributed by atoms with E-state index in [1.807, 2.05) is 12.1 Å². The van der Waals surface area contributed by atoms with Gasteiger partial charge in [0, 0.05) is 31.4 Å². The van der Waals surface area contributed by atoms with Crippen LogP contribution in [0.2, 0.25) is 0 Å². The Labute approximate surface area is 122 Å². The maximum absolute atomic E-state index is 9.45. The van der Waals surface area contributed by atoms with Gasteiger partial charge in [-0.2, -0.15) is 0 Å². The molecule has 1 aromatic rings. The van der Waals surface area contributed by atoms with E-state index in [1.54, 1.807) is 0 Å². The molecule has 1 saturated heterocycles. The monoisotopic (exact) mass is 277 g/mol. The van der Waals surface area contributed by atoms with Crippen molar-refractivity contribution >= 4 is 5.82 Å². The van der Waals surface area contributed by atoms with E-state index in [1.165, 1.54) is 0 Å². The van der Waals surface area contributed by atoms with Gasteiger partial charge in [-0.25, -0.2) is 4.98 Å². The standard InChI is InChI=1S/C16H27N3O/c1-5-14-10-19(7-6-18(14)4)16-9-13(11-20)8-15(17-16)12(2)3/h8-9,12,14,20H,5-7,10-11H2,1-4H3. The molecule has 0 radical (unpaired) electrons. The average Bonchev–Trinajstić information content (AvgIpc) is 2.47. The molecule has 2 heterocycles. The van der Waals surface area contributed by atoms with Crippen molar-refractivity contribution in [2.75, 3.05) is 31.6 Å². The number of piperazine rings is 1. The minimum atomic E-state index is 0.0835. The number of aliphatic hydroxyl groups excluding tert-OH is 1. The van der Waals surface area contributed by atoms with Crippen LogP contribution in [0.3, 0.4) is 0 Å². The molecule has 0 bridgehead atoms. The lowest BCUT2D eigenvalue weighted by Crippen LogP contribution is -2.51. The van der Waals surface area contributed by atoms with Crippen LogP contribution in [0.15, 0.2) is 12.1 Å². The van der Waals surface area contributed by atoms with E-state index in [0.29, 0.717) is 12.0 Å². The lowest BCUT2D eigenvalue weighted by molar-refractivity contribution is 0.212. The number of nitrogens with zero attached hydrogens (tertiary/aromatic N) is 3. The summed E-state index contributed by atoms with van der Waals surface area (Å²) in [5.74, 6) is 1.40. The van der Waals surface area contributed by atoms with Crippen molar-refractivity contribution in [2.45, 2.75) is 45.8 Å². The van der Waals surface area contributed by atoms with Crippen LogP contribution < -0.4 is 4.90 Å². The molecule has 0 aliphatic carbocycles. The third-order valence-electron chi connectivity index (χ3n) is 4.24. The molecule has 1 atom stereocenters. The van der Waals surface area contributed by atoms with Gasteiger partial charge in [-0.3, -0.25) is 4.90 Å². The summed E-state index contributed by atoms with van der Waals surface area (Å²) >= 11 is 0. The Hall–Kier alpha value is -1.13. The Bertz CT molecular complexity index is 447. The molecule has 1 aliphatic heterocycles. The smallest absolute Gasteiger partial charge is 0.129 e. The predicted octanol–water partition coefficient (Wildman–Crippen LogP) is 2.23. The zero-order valence-electron chi connectivity index (χ0n) is 13.1. The van der Waals surface area contributed by atoms with Gasteiger partial charge in [0.2, 0.25) is 0 Å². The Morgan fingerprint density at radius 2 is 2.10 bits per heavy atom. The number of pyridine rings is 1. The minimum absolute atomic E-state index is 0.0835. The fraction of sp³-hybridized carbons (Fsp3) is 0.688.